The van der Waals surface area contributed by atoms with E-state index in [1.807, 2.05) is 54.6 Å². The first-order chi connectivity index (χ1) is 9.81. The summed E-state index contributed by atoms with van der Waals surface area (Å²) in [6, 6.07) is 17.7. The third-order valence-electron chi connectivity index (χ3n) is 2.78. The summed E-state index contributed by atoms with van der Waals surface area (Å²) in [5.74, 6) is 0.852. The van der Waals surface area contributed by atoms with Crippen molar-refractivity contribution in [3.63, 3.8) is 0 Å². The Bertz CT molecular complexity index is 677. The second-order valence-electron chi connectivity index (χ2n) is 4.23. The summed E-state index contributed by atoms with van der Waals surface area (Å²) in [4.78, 5) is 2.78. The summed E-state index contributed by atoms with van der Waals surface area (Å²) in [6.45, 7) is 0.541. The van der Waals surface area contributed by atoms with Gasteiger partial charge in [-0.05, 0) is 0 Å². The van der Waals surface area contributed by atoms with E-state index in [1.165, 1.54) is 0 Å². The number of hydrogen-bond donors (Lipinski definition) is 0. The minimum atomic E-state index is 0.115. The zero-order valence-corrected chi connectivity index (χ0v) is 13.1. The molecule has 0 amide bonds. The van der Waals surface area contributed by atoms with Gasteiger partial charge in [-0.2, -0.15) is 0 Å². The Labute approximate surface area is 128 Å². The molecule has 3 rings (SSSR count). The van der Waals surface area contributed by atoms with Crippen LogP contribution in [0.3, 0.4) is 0 Å². The Balaban J connectivity index is 1.69. The number of hydrogen-bond acceptors (Lipinski definition) is 1. The van der Waals surface area contributed by atoms with Crippen molar-refractivity contribution in [2.75, 3.05) is 0 Å². The molecule has 0 radical (unpaired) electrons. The first-order valence-corrected chi connectivity index (χ1v) is 8.38. The molecule has 100 valence electrons. The molecule has 4 heteroatoms. The first kappa shape index (κ1) is 13.4. The third kappa shape index (κ3) is 3.31. The zero-order valence-electron chi connectivity index (χ0n) is 10.6. The Morgan fingerprint density at radius 1 is 1.00 bits per heavy atom. The van der Waals surface area contributed by atoms with Crippen molar-refractivity contribution in [3.05, 3.63) is 70.1 Å². The van der Waals surface area contributed by atoms with Crippen molar-refractivity contribution in [1.82, 2.24) is 0 Å². The second kappa shape index (κ2) is 6.27. The molecule has 0 fully saturated rings. The minimum absolute atomic E-state index is 0.115. The summed E-state index contributed by atoms with van der Waals surface area (Å²) >= 11 is 5.99. The molecule has 20 heavy (non-hydrogen) atoms. The predicted molar refractivity (Wildman–Crippen MR) is 81.3 cm³/mol. The summed E-state index contributed by atoms with van der Waals surface area (Å²) in [5, 5.41) is 0.724. The topological polar surface area (TPSA) is 20.5 Å². The van der Waals surface area contributed by atoms with E-state index in [0.29, 0.717) is 11.4 Å². The molecule has 0 aliphatic heterocycles. The molecule has 1 heterocycles. The molecule has 2 nitrogen and oxygen atoms in total. The molecular weight excluding hydrogens is 339 g/mol. The van der Waals surface area contributed by atoms with Gasteiger partial charge in [0.25, 0.3) is 0 Å². The van der Waals surface area contributed by atoms with E-state index in [0.717, 1.165) is 21.9 Å². The standard InChI is InChI=1S/C16H12ClO2Se/c17-14-8-6-13(7-9-14)15-11-20-16(19-15)18-10-12-4-2-1-3-5-12/h1-9,11H,10H2/q+1. The van der Waals surface area contributed by atoms with Crippen LogP contribution in [0.15, 0.2) is 64.0 Å². The Kier molecular flexibility index (Phi) is 4.22. The Hall–Kier alpha value is -1.54. The predicted octanol–water partition coefficient (Wildman–Crippen LogP) is 4.52. The average Bonchev–Trinajstić information content (AvgIpc) is 2.96. The van der Waals surface area contributed by atoms with Crippen LogP contribution in [0.2, 0.25) is 5.02 Å². The van der Waals surface area contributed by atoms with Crippen molar-refractivity contribution < 1.29 is 9.15 Å². The third-order valence-corrected chi connectivity index (χ3v) is 4.56. The molecule has 0 unspecified atom stereocenters. The molecule has 2 aromatic carbocycles. The second-order valence-corrected chi connectivity index (χ2v) is 6.36. The van der Waals surface area contributed by atoms with Gasteiger partial charge in [0.15, 0.2) is 0 Å². The van der Waals surface area contributed by atoms with Crippen molar-refractivity contribution in [2.24, 2.45) is 0 Å². The fourth-order valence-corrected chi connectivity index (χ4v) is 3.26. The quantitative estimate of drug-likeness (QED) is 0.509. The molecule has 1 aromatic heterocycles. The van der Waals surface area contributed by atoms with E-state index < -0.39 is 0 Å². The van der Waals surface area contributed by atoms with E-state index >= 15 is 0 Å². The van der Waals surface area contributed by atoms with Gasteiger partial charge in [0.05, 0.1) is 0 Å². The van der Waals surface area contributed by atoms with Crippen molar-refractivity contribution in [2.45, 2.75) is 6.61 Å². The van der Waals surface area contributed by atoms with Crippen LogP contribution >= 0.6 is 11.6 Å². The van der Waals surface area contributed by atoms with E-state index in [1.54, 1.807) is 0 Å². The normalized spacial score (nSPS) is 10.4. The maximum absolute atomic E-state index is 5.88. The summed E-state index contributed by atoms with van der Waals surface area (Å²) < 4.78 is 11.5. The van der Waals surface area contributed by atoms with Crippen LogP contribution in [0.4, 0.5) is 0 Å². The van der Waals surface area contributed by atoms with Crippen molar-refractivity contribution in [1.29, 1.82) is 0 Å². The van der Waals surface area contributed by atoms with Gasteiger partial charge in [0.1, 0.15) is 0 Å². The van der Waals surface area contributed by atoms with Gasteiger partial charge in [-0.25, -0.2) is 0 Å². The number of ether oxygens (including phenoxy) is 1. The van der Waals surface area contributed by atoms with Crippen LogP contribution in [-0.4, -0.2) is 14.5 Å². The monoisotopic (exact) mass is 351 g/mol. The average molecular weight is 351 g/mol. The van der Waals surface area contributed by atoms with E-state index in [-0.39, 0.29) is 14.5 Å². The molecule has 0 aliphatic rings. The molecule has 0 aliphatic carbocycles. The van der Waals surface area contributed by atoms with E-state index in [9.17, 15) is 0 Å². The molecule has 0 N–H and O–H groups in total. The number of halogens is 1. The first-order valence-electron chi connectivity index (χ1n) is 6.15. The Morgan fingerprint density at radius 2 is 1.75 bits per heavy atom. The van der Waals surface area contributed by atoms with Crippen molar-refractivity contribution >= 4 is 26.1 Å². The van der Waals surface area contributed by atoms with Gasteiger partial charge in [-0.1, -0.05) is 0 Å². The summed E-state index contributed by atoms with van der Waals surface area (Å²) in [7, 11) is 0. The molecule has 0 saturated carbocycles. The van der Waals surface area contributed by atoms with Crippen LogP contribution in [-0.2, 0) is 6.61 Å². The van der Waals surface area contributed by atoms with E-state index in [2.05, 4.69) is 4.94 Å². The van der Waals surface area contributed by atoms with Crippen molar-refractivity contribution in [3.8, 4) is 16.1 Å². The van der Waals surface area contributed by atoms with Gasteiger partial charge in [-0.15, -0.1) is 0 Å². The molecule has 3 aromatic rings. The van der Waals surface area contributed by atoms with Gasteiger partial charge in [0.2, 0.25) is 0 Å². The number of benzene rings is 2. The maximum atomic E-state index is 5.88. The van der Waals surface area contributed by atoms with Crippen LogP contribution in [0, 0.1) is 0 Å². The zero-order chi connectivity index (χ0) is 13.8. The van der Waals surface area contributed by atoms with Gasteiger partial charge < -0.3 is 0 Å². The summed E-state index contributed by atoms with van der Waals surface area (Å²) in [5.41, 5.74) is 2.16. The molecule has 0 saturated heterocycles. The Morgan fingerprint density at radius 3 is 2.50 bits per heavy atom. The molecule has 0 bridgehead atoms. The summed E-state index contributed by atoms with van der Waals surface area (Å²) in [6.07, 6.45) is 0. The van der Waals surface area contributed by atoms with Gasteiger partial charge in [-0.3, -0.25) is 0 Å². The van der Waals surface area contributed by atoms with E-state index in [4.69, 9.17) is 20.8 Å². The molecule has 0 spiro atoms. The van der Waals surface area contributed by atoms with Crippen LogP contribution < -0.4 is 4.74 Å². The fraction of sp³-hybridized carbons (Fsp3) is 0.0625. The SMILES string of the molecule is Clc1ccc(-c2c[se]c(OCc3ccccc3)[o+]2)cc1. The van der Waals surface area contributed by atoms with Crippen LogP contribution in [0.25, 0.3) is 11.3 Å². The molecular formula is C16H12ClO2Se+. The fourth-order valence-electron chi connectivity index (χ4n) is 1.76. The van der Waals surface area contributed by atoms with Gasteiger partial charge in [0, 0.05) is 0 Å². The van der Waals surface area contributed by atoms with Crippen LogP contribution in [0.1, 0.15) is 5.56 Å². The van der Waals surface area contributed by atoms with Crippen LogP contribution in [0.5, 0.6) is 4.82 Å². The molecule has 0 atom stereocenters. The number of rotatable bonds is 4. The van der Waals surface area contributed by atoms with Gasteiger partial charge >= 0.3 is 128 Å².